The summed E-state index contributed by atoms with van der Waals surface area (Å²) in [4.78, 5) is 22.6. The highest BCUT2D eigenvalue weighted by Crippen LogP contribution is 2.27. The number of carbonyl (C=O) groups excluding carboxylic acids is 2. The molecule has 0 spiro atoms. The van der Waals surface area contributed by atoms with Gasteiger partial charge in [-0.15, -0.1) is 0 Å². The lowest BCUT2D eigenvalue weighted by Crippen LogP contribution is -2.12. The normalized spacial score (nSPS) is 10.1. The fourth-order valence-corrected chi connectivity index (χ4v) is 1.81. The van der Waals surface area contributed by atoms with E-state index in [4.69, 9.17) is 16.2 Å². The second-order valence-corrected chi connectivity index (χ2v) is 4.27. The molecule has 0 heterocycles. The molecule has 0 aliphatic heterocycles. The van der Waals surface area contributed by atoms with Crippen molar-refractivity contribution in [3.8, 4) is 11.5 Å². The molecule has 0 bridgehead atoms. The molecule has 0 unspecified atom stereocenters. The van der Waals surface area contributed by atoms with Crippen LogP contribution in [0.25, 0.3) is 0 Å². The number of nitrogen functional groups attached to an aromatic ring is 1. The van der Waals surface area contributed by atoms with Crippen LogP contribution < -0.4 is 16.2 Å². The summed E-state index contributed by atoms with van der Waals surface area (Å²) in [6, 6.07) is 11.4. The van der Waals surface area contributed by atoms with Gasteiger partial charge in [-0.05, 0) is 31.2 Å². The van der Waals surface area contributed by atoms with Crippen molar-refractivity contribution in [3.05, 3.63) is 53.6 Å². The van der Waals surface area contributed by atoms with Crippen molar-refractivity contribution >= 4 is 17.4 Å². The summed E-state index contributed by atoms with van der Waals surface area (Å²) in [6.07, 6.45) is 0. The maximum Gasteiger partial charge on any atom is 0.252 e. The van der Waals surface area contributed by atoms with Gasteiger partial charge in [-0.1, -0.05) is 12.1 Å². The summed E-state index contributed by atoms with van der Waals surface area (Å²) in [5, 5.41) is 0. The molecule has 5 heteroatoms. The van der Waals surface area contributed by atoms with Gasteiger partial charge in [-0.3, -0.25) is 9.59 Å². The van der Waals surface area contributed by atoms with Crippen LogP contribution in [0.5, 0.6) is 11.5 Å². The minimum Gasteiger partial charge on any atom is -0.456 e. The maximum atomic E-state index is 11.3. The average Bonchev–Trinajstić information content (AvgIpc) is 2.38. The fourth-order valence-electron chi connectivity index (χ4n) is 1.81. The van der Waals surface area contributed by atoms with Crippen molar-refractivity contribution in [2.45, 2.75) is 6.92 Å². The molecule has 0 aromatic heterocycles. The van der Waals surface area contributed by atoms with Gasteiger partial charge in [0, 0.05) is 17.3 Å². The van der Waals surface area contributed by atoms with E-state index in [1.165, 1.54) is 13.0 Å². The van der Waals surface area contributed by atoms with Gasteiger partial charge in [0.05, 0.1) is 5.56 Å². The Morgan fingerprint density at radius 1 is 1.05 bits per heavy atom. The van der Waals surface area contributed by atoms with E-state index in [2.05, 4.69) is 0 Å². The van der Waals surface area contributed by atoms with Gasteiger partial charge in [-0.2, -0.15) is 0 Å². The first kappa shape index (κ1) is 13.6. The zero-order valence-electron chi connectivity index (χ0n) is 10.9. The molecule has 2 rings (SSSR count). The van der Waals surface area contributed by atoms with Crippen molar-refractivity contribution in [1.82, 2.24) is 0 Å². The SMILES string of the molecule is CC(=O)c1ccc(Oc2ccccc2C(N)=O)cc1N. The number of rotatable bonds is 4. The summed E-state index contributed by atoms with van der Waals surface area (Å²) in [5.41, 5.74) is 12.1. The number of hydrogen-bond donors (Lipinski definition) is 2. The van der Waals surface area contributed by atoms with Crippen LogP contribution in [0.4, 0.5) is 5.69 Å². The number of primary amides is 1. The van der Waals surface area contributed by atoms with Gasteiger partial charge in [-0.25, -0.2) is 0 Å². The third-order valence-corrected chi connectivity index (χ3v) is 2.78. The standard InChI is InChI=1S/C15H14N2O3/c1-9(18)11-7-6-10(8-13(11)16)20-14-5-3-2-4-12(14)15(17)19/h2-8H,16H2,1H3,(H2,17,19). The molecule has 5 nitrogen and oxygen atoms in total. The molecule has 4 N–H and O–H groups in total. The van der Waals surface area contributed by atoms with E-state index in [1.807, 2.05) is 0 Å². The predicted molar refractivity (Wildman–Crippen MR) is 75.9 cm³/mol. The third-order valence-electron chi connectivity index (χ3n) is 2.78. The largest absolute Gasteiger partial charge is 0.456 e. The Hall–Kier alpha value is -2.82. The summed E-state index contributed by atoms with van der Waals surface area (Å²) >= 11 is 0. The van der Waals surface area contributed by atoms with Crippen molar-refractivity contribution < 1.29 is 14.3 Å². The van der Waals surface area contributed by atoms with E-state index in [9.17, 15) is 9.59 Å². The molecule has 0 atom stereocenters. The van der Waals surface area contributed by atoms with Crippen LogP contribution in [-0.2, 0) is 0 Å². The first-order valence-electron chi connectivity index (χ1n) is 5.96. The Bertz CT molecular complexity index is 681. The Labute approximate surface area is 116 Å². The molecule has 0 saturated heterocycles. The molecule has 102 valence electrons. The minimum atomic E-state index is -0.575. The summed E-state index contributed by atoms with van der Waals surface area (Å²) in [5.74, 6) is 0.0803. The summed E-state index contributed by atoms with van der Waals surface area (Å²) in [6.45, 7) is 1.44. The summed E-state index contributed by atoms with van der Waals surface area (Å²) < 4.78 is 5.59. The predicted octanol–water partition coefficient (Wildman–Crippen LogP) is 2.36. The molecule has 0 fully saturated rings. The lowest BCUT2D eigenvalue weighted by Gasteiger charge is -2.10. The Kier molecular flexibility index (Phi) is 3.70. The highest BCUT2D eigenvalue weighted by atomic mass is 16.5. The highest BCUT2D eigenvalue weighted by molar-refractivity contribution is 5.99. The number of Topliss-reactive ketones (excluding diaryl/α,β-unsaturated/α-hetero) is 1. The molecule has 0 aliphatic rings. The van der Waals surface area contributed by atoms with Gasteiger partial charge < -0.3 is 16.2 Å². The first-order valence-corrected chi connectivity index (χ1v) is 5.96. The number of anilines is 1. The molecule has 2 aromatic carbocycles. The number of ether oxygens (including phenoxy) is 1. The fraction of sp³-hybridized carbons (Fsp3) is 0.0667. The van der Waals surface area contributed by atoms with Crippen LogP contribution in [0.15, 0.2) is 42.5 Å². The number of ketones is 1. The van der Waals surface area contributed by atoms with Gasteiger partial charge in [0.2, 0.25) is 0 Å². The van der Waals surface area contributed by atoms with Crippen LogP contribution in [0.3, 0.4) is 0 Å². The van der Waals surface area contributed by atoms with Crippen LogP contribution in [-0.4, -0.2) is 11.7 Å². The van der Waals surface area contributed by atoms with Gasteiger partial charge in [0.1, 0.15) is 11.5 Å². The van der Waals surface area contributed by atoms with Crippen LogP contribution in [0, 0.1) is 0 Å². The van der Waals surface area contributed by atoms with E-state index in [-0.39, 0.29) is 11.3 Å². The van der Waals surface area contributed by atoms with E-state index < -0.39 is 5.91 Å². The first-order chi connectivity index (χ1) is 9.49. The average molecular weight is 270 g/mol. The van der Waals surface area contributed by atoms with Crippen molar-refractivity contribution in [3.63, 3.8) is 0 Å². The molecule has 0 radical (unpaired) electrons. The van der Waals surface area contributed by atoms with Crippen LogP contribution >= 0.6 is 0 Å². The molecule has 1 amide bonds. The molecular formula is C15H14N2O3. The molecule has 20 heavy (non-hydrogen) atoms. The van der Waals surface area contributed by atoms with Crippen molar-refractivity contribution in [1.29, 1.82) is 0 Å². The number of hydrogen-bond acceptors (Lipinski definition) is 4. The quantitative estimate of drug-likeness (QED) is 0.658. The maximum absolute atomic E-state index is 11.3. The smallest absolute Gasteiger partial charge is 0.252 e. The number of para-hydroxylation sites is 1. The molecule has 2 aromatic rings. The number of benzene rings is 2. The van der Waals surface area contributed by atoms with Gasteiger partial charge in [0.25, 0.3) is 5.91 Å². The third kappa shape index (κ3) is 2.77. The topological polar surface area (TPSA) is 95.4 Å². The monoisotopic (exact) mass is 270 g/mol. The number of amides is 1. The van der Waals surface area contributed by atoms with E-state index >= 15 is 0 Å². The molecular weight excluding hydrogens is 256 g/mol. The van der Waals surface area contributed by atoms with Gasteiger partial charge in [0.15, 0.2) is 5.78 Å². The number of nitrogens with two attached hydrogens (primary N) is 2. The second kappa shape index (κ2) is 5.44. The van der Waals surface area contributed by atoms with Crippen LogP contribution in [0.1, 0.15) is 27.6 Å². The Morgan fingerprint density at radius 2 is 1.75 bits per heavy atom. The second-order valence-electron chi connectivity index (χ2n) is 4.27. The van der Waals surface area contributed by atoms with E-state index in [0.29, 0.717) is 22.7 Å². The Morgan fingerprint density at radius 3 is 2.35 bits per heavy atom. The lowest BCUT2D eigenvalue weighted by atomic mass is 10.1. The zero-order chi connectivity index (χ0) is 14.7. The minimum absolute atomic E-state index is 0.119. The lowest BCUT2D eigenvalue weighted by molar-refractivity contribution is 0.0994. The zero-order valence-corrected chi connectivity index (χ0v) is 10.9. The molecule has 0 saturated carbocycles. The van der Waals surface area contributed by atoms with Crippen LogP contribution in [0.2, 0.25) is 0 Å². The Balaban J connectivity index is 2.34. The van der Waals surface area contributed by atoms with E-state index in [0.717, 1.165) is 0 Å². The van der Waals surface area contributed by atoms with E-state index in [1.54, 1.807) is 36.4 Å². The highest BCUT2D eigenvalue weighted by Gasteiger charge is 2.11. The van der Waals surface area contributed by atoms with Crippen molar-refractivity contribution in [2.24, 2.45) is 5.73 Å². The summed E-state index contributed by atoms with van der Waals surface area (Å²) in [7, 11) is 0. The van der Waals surface area contributed by atoms with Crippen molar-refractivity contribution in [2.75, 3.05) is 5.73 Å². The number of carbonyl (C=O) groups is 2. The van der Waals surface area contributed by atoms with Gasteiger partial charge >= 0.3 is 0 Å². The molecule has 0 aliphatic carbocycles.